The Hall–Kier alpha value is -2.63. The molecule has 1 aromatic carbocycles. The van der Waals surface area contributed by atoms with Crippen LogP contribution in [-0.4, -0.2) is 66.0 Å². The summed E-state index contributed by atoms with van der Waals surface area (Å²) in [5.74, 6) is -3.31. The average molecular weight is 560 g/mol. The van der Waals surface area contributed by atoms with Gasteiger partial charge in [-0.05, 0) is 87.2 Å². The van der Waals surface area contributed by atoms with Gasteiger partial charge >= 0.3 is 12.2 Å². The van der Waals surface area contributed by atoms with E-state index in [-0.39, 0.29) is 24.6 Å². The molecule has 5 fully saturated rings. The van der Waals surface area contributed by atoms with E-state index in [4.69, 9.17) is 4.74 Å². The topological polar surface area (TPSA) is 90.9 Å². The lowest BCUT2D eigenvalue weighted by Gasteiger charge is -2.58. The maximum absolute atomic E-state index is 14.4. The second-order valence-corrected chi connectivity index (χ2v) is 11.8. The van der Waals surface area contributed by atoms with Gasteiger partial charge in [-0.1, -0.05) is 0 Å². The van der Waals surface area contributed by atoms with Gasteiger partial charge in [0.2, 0.25) is 5.82 Å². The van der Waals surface area contributed by atoms with Crippen molar-refractivity contribution in [3.05, 3.63) is 29.3 Å². The van der Waals surface area contributed by atoms with Gasteiger partial charge in [-0.3, -0.25) is 4.79 Å². The van der Waals surface area contributed by atoms with Crippen molar-refractivity contribution < 1.29 is 41.4 Å². The first-order chi connectivity index (χ1) is 18.4. The van der Waals surface area contributed by atoms with Crippen molar-refractivity contribution in [2.75, 3.05) is 26.2 Å². The smallest absolute Gasteiger partial charge is 0.405 e. The van der Waals surface area contributed by atoms with E-state index in [9.17, 15) is 36.6 Å². The number of likely N-dealkylation sites (tertiary alicyclic amines) is 1. The molecule has 5 aliphatic rings. The van der Waals surface area contributed by atoms with Crippen LogP contribution in [0.3, 0.4) is 0 Å². The summed E-state index contributed by atoms with van der Waals surface area (Å²) >= 11 is 0. The first-order valence-corrected chi connectivity index (χ1v) is 13.6. The molecule has 3 unspecified atom stereocenters. The number of halogens is 5. The number of carbonyl (C=O) groups is 2. The minimum absolute atomic E-state index is 0.0638. The largest absolute Gasteiger partial charge is 0.490 e. The van der Waals surface area contributed by atoms with Crippen molar-refractivity contribution in [2.24, 2.45) is 23.7 Å². The molecule has 7 nitrogen and oxygen atoms in total. The average Bonchev–Trinajstić information content (AvgIpc) is 2.86. The van der Waals surface area contributed by atoms with Crippen molar-refractivity contribution in [3.63, 3.8) is 0 Å². The van der Waals surface area contributed by atoms with Gasteiger partial charge in [-0.2, -0.15) is 17.6 Å². The highest BCUT2D eigenvalue weighted by atomic mass is 19.4. The third kappa shape index (κ3) is 6.25. The lowest BCUT2D eigenvalue weighted by molar-refractivity contribution is -0.137. The van der Waals surface area contributed by atoms with Crippen LogP contribution in [0.15, 0.2) is 12.1 Å². The van der Waals surface area contributed by atoms with Crippen LogP contribution in [0.5, 0.6) is 5.75 Å². The minimum Gasteiger partial charge on any atom is -0.490 e. The van der Waals surface area contributed by atoms with Crippen LogP contribution in [-0.2, 0) is 0 Å². The zero-order valence-corrected chi connectivity index (χ0v) is 21.5. The summed E-state index contributed by atoms with van der Waals surface area (Å²) in [6.45, 7) is -0.411. The number of ether oxygens (including phenoxy) is 1. The standard InChI is InChI=1S/C27H34F5N3O4/c28-21-19(24(36)33-14-27(30,31)32)1-2-20(22(21)29)39-8-5-15-3-6-35(7-4-15)25(37)34-23-17-9-16-10-18(23)13-26(38,11-16)12-17/h1-2,15-18,23,38H,3-14H2,(H,33,36)(H,34,37)/t16?,17-,18+,23?,26?. The quantitative estimate of drug-likeness (QED) is 0.433. The molecule has 39 heavy (non-hydrogen) atoms. The van der Waals surface area contributed by atoms with E-state index in [1.165, 1.54) is 5.32 Å². The fourth-order valence-electron chi connectivity index (χ4n) is 7.31. The number of piperidine rings is 1. The molecule has 4 aliphatic carbocycles. The number of rotatable bonds is 7. The monoisotopic (exact) mass is 559 g/mol. The summed E-state index contributed by atoms with van der Waals surface area (Å²) in [6.07, 6.45) is 1.94. The predicted octanol–water partition coefficient (Wildman–Crippen LogP) is 4.39. The van der Waals surface area contributed by atoms with Gasteiger partial charge in [0.1, 0.15) is 6.54 Å². The Bertz CT molecular complexity index is 1080. The lowest BCUT2D eigenvalue weighted by atomic mass is 9.52. The number of carbonyl (C=O) groups excluding carboxylic acids is 2. The van der Waals surface area contributed by atoms with E-state index >= 15 is 0 Å². The number of hydrogen-bond donors (Lipinski definition) is 3. The van der Waals surface area contributed by atoms with Crippen LogP contribution in [0.25, 0.3) is 0 Å². The number of aliphatic hydroxyl groups is 1. The summed E-state index contributed by atoms with van der Waals surface area (Å²) in [5.41, 5.74) is -1.38. The predicted molar refractivity (Wildman–Crippen MR) is 130 cm³/mol. The van der Waals surface area contributed by atoms with Crippen LogP contribution in [0.1, 0.15) is 61.7 Å². The number of alkyl halides is 3. The fourth-order valence-corrected chi connectivity index (χ4v) is 7.31. The van der Waals surface area contributed by atoms with E-state index in [0.717, 1.165) is 57.1 Å². The van der Waals surface area contributed by atoms with Crippen LogP contribution >= 0.6 is 0 Å². The van der Waals surface area contributed by atoms with Crippen molar-refractivity contribution in [1.29, 1.82) is 0 Å². The molecule has 0 spiro atoms. The molecule has 4 bridgehead atoms. The zero-order valence-electron chi connectivity index (χ0n) is 21.5. The lowest BCUT2D eigenvalue weighted by Crippen LogP contribution is -2.63. The van der Waals surface area contributed by atoms with Gasteiger partial charge in [0.15, 0.2) is 11.6 Å². The summed E-state index contributed by atoms with van der Waals surface area (Å²) in [5, 5.41) is 15.5. The number of benzene rings is 1. The molecule has 4 saturated carbocycles. The van der Waals surface area contributed by atoms with Crippen molar-refractivity contribution in [3.8, 4) is 5.75 Å². The molecule has 3 N–H and O–H groups in total. The van der Waals surface area contributed by atoms with Gasteiger partial charge in [0.25, 0.3) is 5.91 Å². The van der Waals surface area contributed by atoms with E-state index in [1.54, 1.807) is 0 Å². The SMILES string of the molecule is O=C(NCC(F)(F)F)c1ccc(OCCC2CCN(C(=O)NC3[C@@H]4CC5C[C@H]3CC(O)(C5)C4)CC2)c(F)c1F. The van der Waals surface area contributed by atoms with Crippen molar-refractivity contribution in [2.45, 2.75) is 69.2 Å². The highest BCUT2D eigenvalue weighted by molar-refractivity contribution is 5.94. The first kappa shape index (κ1) is 27.9. The molecular weight excluding hydrogens is 525 g/mol. The molecule has 0 aromatic heterocycles. The van der Waals surface area contributed by atoms with E-state index in [1.807, 2.05) is 4.90 Å². The van der Waals surface area contributed by atoms with E-state index < -0.39 is 47.2 Å². The summed E-state index contributed by atoms with van der Waals surface area (Å²) in [6, 6.07) is 1.97. The number of nitrogens with one attached hydrogen (secondary N) is 2. The molecule has 6 rings (SSSR count). The number of nitrogens with zero attached hydrogens (tertiary/aromatic N) is 1. The van der Waals surface area contributed by atoms with Crippen LogP contribution in [0, 0.1) is 35.3 Å². The maximum atomic E-state index is 14.4. The second-order valence-electron chi connectivity index (χ2n) is 11.8. The van der Waals surface area contributed by atoms with Crippen molar-refractivity contribution >= 4 is 11.9 Å². The summed E-state index contributed by atoms with van der Waals surface area (Å²) in [7, 11) is 0. The Morgan fingerprint density at radius 1 is 1.05 bits per heavy atom. The van der Waals surface area contributed by atoms with Crippen molar-refractivity contribution in [1.82, 2.24) is 15.5 Å². The summed E-state index contributed by atoms with van der Waals surface area (Å²) < 4.78 is 70.8. The third-order valence-corrected chi connectivity index (χ3v) is 8.96. The fraction of sp³-hybridized carbons (Fsp3) is 0.704. The number of hydrogen-bond acceptors (Lipinski definition) is 4. The molecule has 1 saturated heterocycles. The molecule has 12 heteroatoms. The van der Waals surface area contributed by atoms with E-state index in [2.05, 4.69) is 5.32 Å². The number of urea groups is 1. The first-order valence-electron chi connectivity index (χ1n) is 13.6. The van der Waals surface area contributed by atoms with E-state index in [0.29, 0.717) is 37.3 Å². The number of amides is 3. The Kier molecular flexibility index (Phi) is 7.69. The third-order valence-electron chi connectivity index (χ3n) is 8.96. The highest BCUT2D eigenvalue weighted by Gasteiger charge is 2.55. The Morgan fingerprint density at radius 3 is 2.33 bits per heavy atom. The molecule has 0 radical (unpaired) electrons. The maximum Gasteiger partial charge on any atom is 0.405 e. The molecule has 1 aliphatic heterocycles. The minimum atomic E-state index is -4.67. The van der Waals surface area contributed by atoms with Crippen LogP contribution < -0.4 is 15.4 Å². The molecular formula is C27H34F5N3O4. The van der Waals surface area contributed by atoms with Crippen LogP contribution in [0.4, 0.5) is 26.7 Å². The van der Waals surface area contributed by atoms with Crippen LogP contribution in [0.2, 0.25) is 0 Å². The zero-order chi connectivity index (χ0) is 27.9. The Labute approximate surface area is 223 Å². The molecule has 216 valence electrons. The van der Waals surface area contributed by atoms with Gasteiger partial charge in [-0.25, -0.2) is 9.18 Å². The molecule has 3 amide bonds. The molecule has 1 aromatic rings. The molecule has 5 atom stereocenters. The van der Waals surface area contributed by atoms with Gasteiger partial charge < -0.3 is 25.4 Å². The molecule has 1 heterocycles. The Balaban J connectivity index is 1.05. The summed E-state index contributed by atoms with van der Waals surface area (Å²) in [4.78, 5) is 26.6. The van der Waals surface area contributed by atoms with Gasteiger partial charge in [0.05, 0.1) is 17.8 Å². The second kappa shape index (κ2) is 10.7. The highest BCUT2D eigenvalue weighted by Crippen LogP contribution is 2.55. The Morgan fingerprint density at radius 2 is 1.72 bits per heavy atom. The normalized spacial score (nSPS) is 30.4. The van der Waals surface area contributed by atoms with Gasteiger partial charge in [-0.15, -0.1) is 0 Å². The van der Waals surface area contributed by atoms with Gasteiger partial charge in [0, 0.05) is 19.1 Å².